The van der Waals surface area contributed by atoms with Crippen LogP contribution in [0.4, 0.5) is 26.3 Å². The first-order valence-electron chi connectivity index (χ1n) is 3.69. The van der Waals surface area contributed by atoms with Crippen molar-refractivity contribution in [2.24, 2.45) is 0 Å². The summed E-state index contributed by atoms with van der Waals surface area (Å²) in [5.74, 6) is -1.43. The predicted octanol–water partition coefficient (Wildman–Crippen LogP) is 3.28. The van der Waals surface area contributed by atoms with E-state index in [4.69, 9.17) is 0 Å². The van der Waals surface area contributed by atoms with E-state index < -0.39 is 24.2 Å². The van der Waals surface area contributed by atoms with Gasteiger partial charge in [-0.25, -0.2) is 0 Å². The standard InChI is InChI=1S/C8H3F6O2/c9-7(10,11)15-5-1-2-6(4-3-5)16-8(12,13)14/h1-3H. The van der Waals surface area contributed by atoms with Crippen LogP contribution in [0, 0.1) is 6.07 Å². The molecule has 0 fully saturated rings. The van der Waals surface area contributed by atoms with Gasteiger partial charge in [-0.3, -0.25) is 0 Å². The van der Waals surface area contributed by atoms with Crippen molar-refractivity contribution < 1.29 is 35.8 Å². The van der Waals surface area contributed by atoms with Crippen molar-refractivity contribution in [3.8, 4) is 11.5 Å². The van der Waals surface area contributed by atoms with Crippen LogP contribution in [0.25, 0.3) is 0 Å². The van der Waals surface area contributed by atoms with Gasteiger partial charge >= 0.3 is 12.7 Å². The predicted molar refractivity (Wildman–Crippen MR) is 38.6 cm³/mol. The fourth-order valence-corrected chi connectivity index (χ4v) is 0.782. The van der Waals surface area contributed by atoms with Crippen molar-refractivity contribution >= 4 is 0 Å². The smallest absolute Gasteiger partial charge is 0.406 e. The molecule has 0 aliphatic carbocycles. The molecule has 0 bridgehead atoms. The molecule has 0 saturated heterocycles. The number of hydrogen-bond donors (Lipinski definition) is 0. The van der Waals surface area contributed by atoms with Gasteiger partial charge in [-0.05, 0) is 18.2 Å². The molecule has 2 nitrogen and oxygen atoms in total. The molecule has 1 radical (unpaired) electrons. The Bertz CT molecular complexity index is 304. The zero-order valence-corrected chi connectivity index (χ0v) is 7.32. The Morgan fingerprint density at radius 1 is 0.875 bits per heavy atom. The third kappa shape index (κ3) is 4.76. The molecule has 0 unspecified atom stereocenters. The fourth-order valence-electron chi connectivity index (χ4n) is 0.782. The van der Waals surface area contributed by atoms with Crippen molar-refractivity contribution in [3.05, 3.63) is 24.3 Å². The number of alkyl halides is 6. The Morgan fingerprint density at radius 2 is 1.44 bits per heavy atom. The molecule has 0 amide bonds. The first-order valence-corrected chi connectivity index (χ1v) is 3.69. The number of benzene rings is 1. The summed E-state index contributed by atoms with van der Waals surface area (Å²) < 4.78 is 76.8. The minimum atomic E-state index is -4.91. The van der Waals surface area contributed by atoms with Crippen LogP contribution in [0.3, 0.4) is 0 Å². The van der Waals surface area contributed by atoms with Crippen molar-refractivity contribution in [1.29, 1.82) is 0 Å². The van der Waals surface area contributed by atoms with Gasteiger partial charge in [-0.2, -0.15) is 0 Å². The lowest BCUT2D eigenvalue weighted by Gasteiger charge is -2.10. The first kappa shape index (κ1) is 12.5. The lowest BCUT2D eigenvalue weighted by atomic mass is 10.3. The SMILES string of the molecule is FC(F)(F)Oc1[c]cc(OC(F)(F)F)cc1. The highest BCUT2D eigenvalue weighted by Crippen LogP contribution is 2.27. The molecule has 0 aliphatic heterocycles. The number of ether oxygens (including phenoxy) is 2. The molecule has 0 atom stereocenters. The van der Waals surface area contributed by atoms with E-state index in [2.05, 4.69) is 9.47 Å². The van der Waals surface area contributed by atoms with Gasteiger partial charge in [0.25, 0.3) is 0 Å². The van der Waals surface area contributed by atoms with Gasteiger partial charge in [0.1, 0.15) is 11.5 Å². The molecule has 16 heavy (non-hydrogen) atoms. The van der Waals surface area contributed by atoms with E-state index in [0.717, 1.165) is 0 Å². The van der Waals surface area contributed by atoms with E-state index in [1.54, 1.807) is 0 Å². The van der Waals surface area contributed by atoms with Crippen LogP contribution in [0.15, 0.2) is 18.2 Å². The van der Waals surface area contributed by atoms with Gasteiger partial charge < -0.3 is 9.47 Å². The maximum atomic E-state index is 11.7. The van der Waals surface area contributed by atoms with Gasteiger partial charge in [0.15, 0.2) is 0 Å². The lowest BCUT2D eigenvalue weighted by Crippen LogP contribution is -2.18. The fraction of sp³-hybridized carbons (Fsp3) is 0.250. The highest BCUT2D eigenvalue weighted by Gasteiger charge is 2.32. The van der Waals surface area contributed by atoms with Gasteiger partial charge in [0, 0.05) is 6.07 Å². The largest absolute Gasteiger partial charge is 0.573 e. The highest BCUT2D eigenvalue weighted by molar-refractivity contribution is 5.30. The molecule has 0 aromatic heterocycles. The lowest BCUT2D eigenvalue weighted by molar-refractivity contribution is -0.277. The third-order valence-electron chi connectivity index (χ3n) is 1.21. The zero-order chi connectivity index (χ0) is 12.4. The Balaban J connectivity index is 2.69. The number of hydrogen-bond acceptors (Lipinski definition) is 2. The summed E-state index contributed by atoms with van der Waals surface area (Å²) in [5.41, 5.74) is 0. The topological polar surface area (TPSA) is 18.5 Å². The molecular weight excluding hydrogens is 242 g/mol. The van der Waals surface area contributed by atoms with Crippen molar-refractivity contribution in [2.75, 3.05) is 0 Å². The zero-order valence-electron chi connectivity index (χ0n) is 7.32. The van der Waals surface area contributed by atoms with E-state index in [-0.39, 0.29) is 0 Å². The van der Waals surface area contributed by atoms with E-state index in [1.165, 1.54) is 0 Å². The summed E-state index contributed by atoms with van der Waals surface area (Å²) in [6.07, 6.45) is -9.82. The van der Waals surface area contributed by atoms with E-state index in [9.17, 15) is 26.3 Å². The summed E-state index contributed by atoms with van der Waals surface area (Å²) >= 11 is 0. The van der Waals surface area contributed by atoms with Gasteiger partial charge in [-0.15, -0.1) is 26.3 Å². The third-order valence-corrected chi connectivity index (χ3v) is 1.21. The molecule has 0 N–H and O–H groups in total. The number of rotatable bonds is 2. The van der Waals surface area contributed by atoms with Crippen LogP contribution in [-0.4, -0.2) is 12.7 Å². The Kier molecular flexibility index (Phi) is 3.20. The Labute approximate surface area is 85.4 Å². The Hall–Kier alpha value is -1.60. The molecule has 1 aromatic carbocycles. The van der Waals surface area contributed by atoms with Crippen LogP contribution < -0.4 is 9.47 Å². The molecule has 8 heteroatoms. The molecule has 1 rings (SSSR count). The second kappa shape index (κ2) is 4.11. The second-order valence-electron chi connectivity index (χ2n) is 2.48. The second-order valence-corrected chi connectivity index (χ2v) is 2.48. The quantitative estimate of drug-likeness (QED) is 0.744. The van der Waals surface area contributed by atoms with Gasteiger partial charge in [0.2, 0.25) is 0 Å². The van der Waals surface area contributed by atoms with Crippen LogP contribution in [0.2, 0.25) is 0 Å². The monoisotopic (exact) mass is 245 g/mol. The van der Waals surface area contributed by atoms with Crippen LogP contribution in [0.1, 0.15) is 0 Å². The molecule has 0 aliphatic rings. The first-order chi connectivity index (χ1) is 7.16. The molecule has 89 valence electrons. The van der Waals surface area contributed by atoms with E-state index in [1.807, 2.05) is 6.07 Å². The van der Waals surface area contributed by atoms with Crippen molar-refractivity contribution in [2.45, 2.75) is 12.7 Å². The summed E-state index contributed by atoms with van der Waals surface area (Å²) in [6.45, 7) is 0. The van der Waals surface area contributed by atoms with Crippen molar-refractivity contribution in [1.82, 2.24) is 0 Å². The van der Waals surface area contributed by atoms with Crippen LogP contribution in [0.5, 0.6) is 11.5 Å². The molecular formula is C8H3F6O2. The summed E-state index contributed by atoms with van der Waals surface area (Å²) in [6, 6.07) is 3.79. The molecule has 0 saturated carbocycles. The van der Waals surface area contributed by atoms with Crippen molar-refractivity contribution in [3.63, 3.8) is 0 Å². The van der Waals surface area contributed by atoms with Gasteiger partial charge in [-0.1, -0.05) is 0 Å². The molecule has 0 heterocycles. The van der Waals surface area contributed by atoms with Gasteiger partial charge in [0.05, 0.1) is 0 Å². The summed E-state index contributed by atoms with van der Waals surface area (Å²) in [7, 11) is 0. The average Bonchev–Trinajstić information content (AvgIpc) is 2.03. The maximum absolute atomic E-state index is 11.7. The van der Waals surface area contributed by atoms with E-state index in [0.29, 0.717) is 18.2 Å². The minimum Gasteiger partial charge on any atom is -0.406 e. The van der Waals surface area contributed by atoms with Crippen LogP contribution >= 0.6 is 0 Å². The average molecular weight is 245 g/mol. The summed E-state index contributed by atoms with van der Waals surface area (Å²) in [4.78, 5) is 0. The summed E-state index contributed by atoms with van der Waals surface area (Å²) in [5, 5.41) is 0. The highest BCUT2D eigenvalue weighted by atomic mass is 19.4. The normalized spacial score (nSPS) is 12.4. The Morgan fingerprint density at radius 3 is 1.81 bits per heavy atom. The molecule has 0 spiro atoms. The molecule has 1 aromatic rings. The van der Waals surface area contributed by atoms with E-state index >= 15 is 0 Å². The minimum absolute atomic E-state index is 0.592. The number of halogens is 6. The van der Waals surface area contributed by atoms with Crippen LogP contribution in [-0.2, 0) is 0 Å². The maximum Gasteiger partial charge on any atom is 0.573 e.